The van der Waals surface area contributed by atoms with Crippen molar-refractivity contribution in [2.75, 3.05) is 26.3 Å². The number of nitrogens with zero attached hydrogens (tertiary/aromatic N) is 2. The SMILES string of the molecule is CC(C)N(CCO[Si](C)(C)C(C)(C)C)C(=O)c1nc(CC(C)(C)c2ccccc2)[nH]c(=O)c1OCc1ccccc1.CC(C)NCCO[Si](C)(C)C(C)(C)C. The van der Waals surface area contributed by atoms with Crippen LogP contribution in [0.25, 0.3) is 0 Å². The number of ether oxygens (including phenoxy) is 1. The van der Waals surface area contributed by atoms with Gasteiger partial charge >= 0.3 is 0 Å². The highest BCUT2D eigenvalue weighted by molar-refractivity contribution is 6.74. The van der Waals surface area contributed by atoms with E-state index >= 15 is 0 Å². The Bertz CT molecular complexity index is 1660. The average molecular weight is 795 g/mol. The summed E-state index contributed by atoms with van der Waals surface area (Å²) in [7, 11) is -3.51. The van der Waals surface area contributed by atoms with Gasteiger partial charge in [0.05, 0.1) is 6.61 Å². The van der Waals surface area contributed by atoms with Gasteiger partial charge in [0, 0.05) is 38.2 Å². The summed E-state index contributed by atoms with van der Waals surface area (Å²) in [6.07, 6.45) is 0.446. The molecule has 0 aliphatic carbocycles. The second-order valence-corrected chi connectivity index (χ2v) is 28.4. The van der Waals surface area contributed by atoms with E-state index in [0.717, 1.165) is 24.3 Å². The molecule has 55 heavy (non-hydrogen) atoms. The van der Waals surface area contributed by atoms with Crippen molar-refractivity contribution in [3.05, 3.63) is 93.7 Å². The Hall–Kier alpha value is -3.10. The number of carbonyl (C=O) groups excluding carboxylic acids is 1. The monoisotopic (exact) mass is 795 g/mol. The molecular weight excluding hydrogens is 721 g/mol. The number of rotatable bonds is 17. The molecule has 2 aromatic carbocycles. The second-order valence-electron chi connectivity index (χ2n) is 18.8. The van der Waals surface area contributed by atoms with E-state index in [-0.39, 0.29) is 40.5 Å². The summed E-state index contributed by atoms with van der Waals surface area (Å²) in [6.45, 7) is 37.6. The standard InChI is InChI=1S/C33H47N3O4Si.C11H27NOSi/c1-24(2)36(20-21-40-41(8,9)32(3,4)5)31(38)28-29(39-23-25-16-12-10-13-17-25)30(37)35-27(34-28)22-33(6,7)26-18-14-11-15-19-26;1-10(2)12-8-9-13-14(6,7)11(3,4)5/h10-19,24H,20-23H2,1-9H3,(H,34,35,37);10,12H,8-9H2,1-7H3. The van der Waals surface area contributed by atoms with E-state index < -0.39 is 22.2 Å². The van der Waals surface area contributed by atoms with E-state index in [1.54, 1.807) is 4.90 Å². The Balaban J connectivity index is 0.000000633. The first kappa shape index (κ1) is 48.1. The summed E-state index contributed by atoms with van der Waals surface area (Å²) in [5.74, 6) is 0.0448. The van der Waals surface area contributed by atoms with Gasteiger partial charge in [-0.1, -0.05) is 130 Å². The summed E-state index contributed by atoms with van der Waals surface area (Å²) in [5, 5.41) is 3.75. The number of hydrogen-bond acceptors (Lipinski definition) is 7. The minimum atomic E-state index is -1.99. The van der Waals surface area contributed by atoms with E-state index in [2.05, 4.69) is 118 Å². The third-order valence-corrected chi connectivity index (χ3v) is 20.0. The van der Waals surface area contributed by atoms with Crippen LogP contribution in [0.15, 0.2) is 65.5 Å². The molecular formula is C44H74N4O5Si2. The van der Waals surface area contributed by atoms with Gasteiger partial charge in [0.25, 0.3) is 11.5 Å². The molecule has 0 fully saturated rings. The van der Waals surface area contributed by atoms with Crippen LogP contribution in [0.2, 0.25) is 36.3 Å². The first-order chi connectivity index (χ1) is 25.3. The first-order valence-corrected chi connectivity index (χ1v) is 25.8. The van der Waals surface area contributed by atoms with Crippen LogP contribution in [0, 0.1) is 0 Å². The molecule has 0 spiro atoms. The number of amides is 1. The Labute approximate surface area is 335 Å². The van der Waals surface area contributed by atoms with Gasteiger partial charge in [-0.2, -0.15) is 0 Å². The van der Waals surface area contributed by atoms with Crippen LogP contribution in [-0.2, 0) is 27.3 Å². The van der Waals surface area contributed by atoms with Crippen molar-refractivity contribution in [2.24, 2.45) is 0 Å². The largest absolute Gasteiger partial charge is 0.481 e. The molecule has 1 amide bonds. The molecule has 9 nitrogen and oxygen atoms in total. The molecule has 0 bridgehead atoms. The van der Waals surface area contributed by atoms with Crippen molar-refractivity contribution >= 4 is 22.5 Å². The van der Waals surface area contributed by atoms with Crippen molar-refractivity contribution in [3.63, 3.8) is 0 Å². The fourth-order valence-corrected chi connectivity index (χ4v) is 7.31. The van der Waals surface area contributed by atoms with Crippen molar-refractivity contribution in [1.82, 2.24) is 20.2 Å². The summed E-state index contributed by atoms with van der Waals surface area (Å²) < 4.78 is 18.4. The number of benzene rings is 2. The summed E-state index contributed by atoms with van der Waals surface area (Å²) in [4.78, 5) is 36.9. The van der Waals surface area contributed by atoms with Gasteiger partial charge in [0.2, 0.25) is 5.75 Å². The Morgan fingerprint density at radius 2 is 1.31 bits per heavy atom. The smallest absolute Gasteiger partial charge is 0.294 e. The van der Waals surface area contributed by atoms with Crippen LogP contribution < -0.4 is 15.6 Å². The van der Waals surface area contributed by atoms with Crippen molar-refractivity contribution in [3.8, 4) is 5.75 Å². The normalized spacial score (nSPS) is 12.8. The fraction of sp³-hybridized carbons (Fsp3) is 0.614. The van der Waals surface area contributed by atoms with Crippen molar-refractivity contribution in [2.45, 2.75) is 150 Å². The summed E-state index contributed by atoms with van der Waals surface area (Å²) >= 11 is 0. The topological polar surface area (TPSA) is 106 Å². The summed E-state index contributed by atoms with van der Waals surface area (Å²) in [5.41, 5.74) is 1.26. The zero-order valence-corrected chi connectivity index (χ0v) is 39.1. The van der Waals surface area contributed by atoms with Gasteiger partial charge < -0.3 is 28.8 Å². The molecule has 0 aliphatic rings. The number of nitrogens with one attached hydrogen (secondary N) is 2. The third-order valence-electron chi connectivity index (χ3n) is 10.9. The second kappa shape index (κ2) is 20.4. The molecule has 11 heteroatoms. The minimum Gasteiger partial charge on any atom is -0.481 e. The van der Waals surface area contributed by atoms with E-state index in [4.69, 9.17) is 18.6 Å². The minimum absolute atomic E-state index is 0.0320. The van der Waals surface area contributed by atoms with Gasteiger partial charge in [-0.15, -0.1) is 0 Å². The van der Waals surface area contributed by atoms with Crippen LogP contribution in [0.5, 0.6) is 5.75 Å². The number of aromatic nitrogens is 2. The lowest BCUT2D eigenvalue weighted by molar-refractivity contribution is 0.0657. The van der Waals surface area contributed by atoms with E-state index in [0.29, 0.717) is 36.5 Å². The van der Waals surface area contributed by atoms with E-state index in [1.165, 1.54) is 0 Å². The molecule has 0 aliphatic heterocycles. The predicted octanol–water partition coefficient (Wildman–Crippen LogP) is 9.75. The van der Waals surface area contributed by atoms with Crippen LogP contribution >= 0.6 is 0 Å². The van der Waals surface area contributed by atoms with Gasteiger partial charge in [0.15, 0.2) is 22.3 Å². The van der Waals surface area contributed by atoms with Gasteiger partial charge in [-0.05, 0) is 66.7 Å². The molecule has 0 unspecified atom stereocenters. The van der Waals surface area contributed by atoms with Crippen molar-refractivity contribution < 1.29 is 18.4 Å². The highest BCUT2D eigenvalue weighted by Crippen LogP contribution is 2.37. The van der Waals surface area contributed by atoms with Gasteiger partial charge in [-0.3, -0.25) is 9.59 Å². The maximum atomic E-state index is 14.1. The zero-order valence-electron chi connectivity index (χ0n) is 37.1. The van der Waals surface area contributed by atoms with Crippen molar-refractivity contribution in [1.29, 1.82) is 0 Å². The van der Waals surface area contributed by atoms with Gasteiger partial charge in [-0.25, -0.2) is 4.98 Å². The number of H-pyrrole nitrogens is 1. The molecule has 1 aromatic heterocycles. The highest BCUT2D eigenvalue weighted by Gasteiger charge is 2.38. The summed E-state index contributed by atoms with van der Waals surface area (Å²) in [6, 6.07) is 20.1. The molecule has 1 heterocycles. The average Bonchev–Trinajstić information content (AvgIpc) is 3.07. The van der Waals surface area contributed by atoms with Gasteiger partial charge in [0.1, 0.15) is 12.4 Å². The Kier molecular flexibility index (Phi) is 17.8. The molecule has 3 aromatic rings. The molecule has 2 N–H and O–H groups in total. The number of hydrogen-bond donors (Lipinski definition) is 2. The molecule has 0 radical (unpaired) electrons. The van der Waals surface area contributed by atoms with Crippen LogP contribution in [0.1, 0.15) is 111 Å². The van der Waals surface area contributed by atoms with Crippen LogP contribution in [-0.4, -0.2) is 75.8 Å². The lowest BCUT2D eigenvalue weighted by Crippen LogP contribution is -2.45. The molecule has 3 rings (SSSR count). The van der Waals surface area contributed by atoms with Crippen LogP contribution in [0.3, 0.4) is 0 Å². The molecule has 308 valence electrons. The first-order valence-electron chi connectivity index (χ1n) is 20.0. The maximum absolute atomic E-state index is 14.1. The predicted molar refractivity (Wildman–Crippen MR) is 234 cm³/mol. The number of carbonyl (C=O) groups is 1. The van der Waals surface area contributed by atoms with Crippen LogP contribution in [0.4, 0.5) is 0 Å². The van der Waals surface area contributed by atoms with E-state index in [9.17, 15) is 9.59 Å². The Morgan fingerprint density at radius 1 is 0.800 bits per heavy atom. The quantitative estimate of drug-likeness (QED) is 0.104. The molecule has 0 saturated carbocycles. The lowest BCUT2D eigenvalue weighted by atomic mass is 9.81. The third kappa shape index (κ3) is 15.1. The molecule has 0 saturated heterocycles. The zero-order chi connectivity index (χ0) is 41.8. The fourth-order valence-electron chi connectivity index (χ4n) is 5.23. The Morgan fingerprint density at radius 3 is 1.80 bits per heavy atom. The lowest BCUT2D eigenvalue weighted by Gasteiger charge is -2.37. The number of aromatic amines is 1. The van der Waals surface area contributed by atoms with E-state index in [1.807, 2.05) is 62.4 Å². The molecule has 0 atom stereocenters. The highest BCUT2D eigenvalue weighted by atomic mass is 28.4. The maximum Gasteiger partial charge on any atom is 0.294 e.